The molecule has 0 saturated carbocycles. The third kappa shape index (κ3) is 5.50. The zero-order valence-corrected chi connectivity index (χ0v) is 10.9. The van der Waals surface area contributed by atoms with Gasteiger partial charge in [-0.1, -0.05) is 12.1 Å². The van der Waals surface area contributed by atoms with Crippen molar-refractivity contribution in [1.82, 2.24) is 10.6 Å². The van der Waals surface area contributed by atoms with Crippen LogP contribution in [0.1, 0.15) is 15.9 Å². The predicted octanol–water partition coefficient (Wildman–Crippen LogP) is -0.362. The van der Waals surface area contributed by atoms with Crippen LogP contribution in [0.5, 0.6) is 0 Å². The van der Waals surface area contributed by atoms with Crippen LogP contribution in [0.4, 0.5) is 0 Å². The molecule has 4 N–H and O–H groups in total. The molecule has 0 bridgehead atoms. The van der Waals surface area contributed by atoms with Gasteiger partial charge in [-0.3, -0.25) is 9.59 Å². The molecule has 19 heavy (non-hydrogen) atoms. The first-order valence-electron chi connectivity index (χ1n) is 6.00. The van der Waals surface area contributed by atoms with Crippen LogP contribution >= 0.6 is 0 Å². The largest absolute Gasteiger partial charge is 0.383 e. The van der Waals surface area contributed by atoms with E-state index in [1.807, 2.05) is 6.07 Å². The molecule has 0 aliphatic heterocycles. The molecule has 1 aromatic rings. The fraction of sp³-hybridized carbons (Fsp3) is 0.385. The first-order chi connectivity index (χ1) is 9.17. The highest BCUT2D eigenvalue weighted by Crippen LogP contribution is 2.04. The Kier molecular flexibility index (Phi) is 6.56. The number of ether oxygens (including phenoxy) is 1. The third-order valence-electron chi connectivity index (χ3n) is 2.46. The van der Waals surface area contributed by atoms with E-state index in [4.69, 9.17) is 10.5 Å². The van der Waals surface area contributed by atoms with Crippen molar-refractivity contribution in [3.05, 3.63) is 35.4 Å². The summed E-state index contributed by atoms with van der Waals surface area (Å²) in [5.41, 5.74) is 6.87. The van der Waals surface area contributed by atoms with E-state index in [1.165, 1.54) is 0 Å². The SMILES string of the molecule is COCCNC(=O)CNC(=O)c1cccc(CN)c1. The molecule has 2 amide bonds. The number of benzene rings is 1. The zero-order chi connectivity index (χ0) is 14.1. The van der Waals surface area contributed by atoms with Crippen molar-refractivity contribution in [1.29, 1.82) is 0 Å². The average molecular weight is 265 g/mol. The molecule has 1 rings (SSSR count). The van der Waals surface area contributed by atoms with E-state index >= 15 is 0 Å². The maximum atomic E-state index is 11.8. The van der Waals surface area contributed by atoms with Gasteiger partial charge in [0.2, 0.25) is 5.91 Å². The summed E-state index contributed by atoms with van der Waals surface area (Å²) in [4.78, 5) is 23.2. The van der Waals surface area contributed by atoms with Crippen LogP contribution in [-0.4, -0.2) is 38.6 Å². The van der Waals surface area contributed by atoms with E-state index in [9.17, 15) is 9.59 Å². The third-order valence-corrected chi connectivity index (χ3v) is 2.46. The second kappa shape index (κ2) is 8.23. The number of rotatable bonds is 7. The van der Waals surface area contributed by atoms with Gasteiger partial charge >= 0.3 is 0 Å². The second-order valence-corrected chi connectivity index (χ2v) is 3.93. The molecular formula is C13H19N3O3. The highest BCUT2D eigenvalue weighted by Gasteiger charge is 2.07. The van der Waals surface area contributed by atoms with Gasteiger partial charge in [-0.2, -0.15) is 0 Å². The van der Waals surface area contributed by atoms with Crippen molar-refractivity contribution in [2.45, 2.75) is 6.54 Å². The first kappa shape index (κ1) is 15.1. The van der Waals surface area contributed by atoms with Crippen LogP contribution in [0.15, 0.2) is 24.3 Å². The summed E-state index contributed by atoms with van der Waals surface area (Å²) in [6.07, 6.45) is 0. The molecule has 0 spiro atoms. The van der Waals surface area contributed by atoms with E-state index in [1.54, 1.807) is 25.3 Å². The summed E-state index contributed by atoms with van der Waals surface area (Å²) in [5, 5.41) is 5.16. The number of nitrogens with one attached hydrogen (secondary N) is 2. The summed E-state index contributed by atoms with van der Waals surface area (Å²) in [6, 6.07) is 6.99. The lowest BCUT2D eigenvalue weighted by Crippen LogP contribution is -2.38. The summed E-state index contributed by atoms with van der Waals surface area (Å²) in [6.45, 7) is 1.18. The highest BCUT2D eigenvalue weighted by molar-refractivity contribution is 5.96. The second-order valence-electron chi connectivity index (χ2n) is 3.93. The molecule has 104 valence electrons. The number of methoxy groups -OCH3 is 1. The fourth-order valence-corrected chi connectivity index (χ4v) is 1.46. The lowest BCUT2D eigenvalue weighted by Gasteiger charge is -2.07. The predicted molar refractivity (Wildman–Crippen MR) is 71.6 cm³/mol. The maximum Gasteiger partial charge on any atom is 0.251 e. The van der Waals surface area contributed by atoms with E-state index in [2.05, 4.69) is 10.6 Å². The van der Waals surface area contributed by atoms with Crippen LogP contribution in [0.25, 0.3) is 0 Å². The number of nitrogens with two attached hydrogens (primary N) is 1. The van der Waals surface area contributed by atoms with Crippen molar-refractivity contribution >= 4 is 11.8 Å². The van der Waals surface area contributed by atoms with Crippen molar-refractivity contribution in [3.63, 3.8) is 0 Å². The number of carbonyl (C=O) groups excluding carboxylic acids is 2. The molecule has 0 radical (unpaired) electrons. The van der Waals surface area contributed by atoms with Crippen LogP contribution < -0.4 is 16.4 Å². The van der Waals surface area contributed by atoms with Gasteiger partial charge in [-0.05, 0) is 17.7 Å². The normalized spacial score (nSPS) is 10.0. The van der Waals surface area contributed by atoms with Crippen LogP contribution in [0.2, 0.25) is 0 Å². The number of carbonyl (C=O) groups is 2. The lowest BCUT2D eigenvalue weighted by molar-refractivity contribution is -0.120. The van der Waals surface area contributed by atoms with E-state index in [-0.39, 0.29) is 18.4 Å². The molecule has 0 aliphatic carbocycles. The Morgan fingerprint density at radius 2 is 2.11 bits per heavy atom. The Morgan fingerprint density at radius 3 is 2.79 bits per heavy atom. The van der Waals surface area contributed by atoms with Gasteiger partial charge < -0.3 is 21.1 Å². The van der Waals surface area contributed by atoms with Crippen LogP contribution in [0, 0.1) is 0 Å². The summed E-state index contributed by atoms with van der Waals surface area (Å²) in [7, 11) is 1.55. The Labute approximate surface area is 112 Å². The van der Waals surface area contributed by atoms with E-state index < -0.39 is 0 Å². The van der Waals surface area contributed by atoms with Crippen molar-refractivity contribution < 1.29 is 14.3 Å². The first-order valence-corrected chi connectivity index (χ1v) is 6.00. The highest BCUT2D eigenvalue weighted by atomic mass is 16.5. The fourth-order valence-electron chi connectivity index (χ4n) is 1.46. The molecule has 0 heterocycles. The minimum atomic E-state index is -0.294. The molecule has 0 fully saturated rings. The summed E-state index contributed by atoms with van der Waals surface area (Å²) < 4.78 is 4.80. The molecular weight excluding hydrogens is 246 g/mol. The van der Waals surface area contributed by atoms with Crippen molar-refractivity contribution in [3.8, 4) is 0 Å². The van der Waals surface area contributed by atoms with E-state index in [0.717, 1.165) is 5.56 Å². The Bertz CT molecular complexity index is 435. The van der Waals surface area contributed by atoms with Gasteiger partial charge in [0.15, 0.2) is 0 Å². The molecule has 0 atom stereocenters. The average Bonchev–Trinajstić information content (AvgIpc) is 2.45. The van der Waals surface area contributed by atoms with Crippen molar-refractivity contribution in [2.24, 2.45) is 5.73 Å². The van der Waals surface area contributed by atoms with Gasteiger partial charge in [-0.15, -0.1) is 0 Å². The van der Waals surface area contributed by atoms with Crippen molar-refractivity contribution in [2.75, 3.05) is 26.8 Å². The maximum absolute atomic E-state index is 11.8. The molecule has 0 aliphatic rings. The zero-order valence-electron chi connectivity index (χ0n) is 10.9. The minimum Gasteiger partial charge on any atom is -0.383 e. The molecule has 1 aromatic carbocycles. The van der Waals surface area contributed by atoms with E-state index in [0.29, 0.717) is 25.3 Å². The quantitative estimate of drug-likeness (QED) is 0.587. The number of amides is 2. The van der Waals surface area contributed by atoms with Gasteiger partial charge in [0, 0.05) is 25.8 Å². The number of hydrogen-bond acceptors (Lipinski definition) is 4. The van der Waals surface area contributed by atoms with Gasteiger partial charge in [0.1, 0.15) is 0 Å². The van der Waals surface area contributed by atoms with Gasteiger partial charge in [0.25, 0.3) is 5.91 Å². The molecule has 6 heteroatoms. The molecule has 0 unspecified atom stereocenters. The standard InChI is InChI=1S/C13H19N3O3/c1-19-6-5-15-12(17)9-16-13(18)11-4-2-3-10(7-11)8-14/h2-4,7H,5-6,8-9,14H2,1H3,(H,15,17)(H,16,18). The monoisotopic (exact) mass is 265 g/mol. The van der Waals surface area contributed by atoms with Crippen LogP contribution in [0.3, 0.4) is 0 Å². The Hall–Kier alpha value is -1.92. The molecule has 0 aromatic heterocycles. The molecule has 0 saturated heterocycles. The summed E-state index contributed by atoms with van der Waals surface area (Å²) >= 11 is 0. The minimum absolute atomic E-state index is 0.0601. The topological polar surface area (TPSA) is 93.5 Å². The lowest BCUT2D eigenvalue weighted by atomic mass is 10.1. The van der Waals surface area contributed by atoms with Gasteiger partial charge in [-0.25, -0.2) is 0 Å². The van der Waals surface area contributed by atoms with Crippen LogP contribution in [-0.2, 0) is 16.1 Å². The Morgan fingerprint density at radius 1 is 1.32 bits per heavy atom. The number of hydrogen-bond donors (Lipinski definition) is 3. The smallest absolute Gasteiger partial charge is 0.251 e. The Balaban J connectivity index is 2.40. The van der Waals surface area contributed by atoms with Gasteiger partial charge in [0.05, 0.1) is 13.2 Å². The summed E-state index contributed by atoms with van der Waals surface area (Å²) in [5.74, 6) is -0.544. The molecule has 6 nitrogen and oxygen atoms in total.